The van der Waals surface area contributed by atoms with E-state index in [1.54, 1.807) is 0 Å². The van der Waals surface area contributed by atoms with Gasteiger partial charge in [-0.25, -0.2) is 0 Å². The van der Waals surface area contributed by atoms with Crippen LogP contribution in [0.15, 0.2) is 16.5 Å². The smallest absolute Gasteiger partial charge is 0.192 e. The Morgan fingerprint density at radius 1 is 1.29 bits per heavy atom. The first-order valence-corrected chi connectivity index (χ1v) is 12.3. The first-order valence-electron chi connectivity index (χ1n) is 9.34. The average Bonchev–Trinajstić information content (AvgIpc) is 2.90. The Morgan fingerprint density at radius 3 is 2.46 bits per heavy atom. The van der Waals surface area contributed by atoms with Crippen LogP contribution in [0, 0.1) is 12.8 Å². The lowest BCUT2D eigenvalue weighted by atomic mass is 9.76. The Morgan fingerprint density at radius 2 is 1.96 bits per heavy atom. The second-order valence-electron chi connectivity index (χ2n) is 8.77. The van der Waals surface area contributed by atoms with E-state index in [0.717, 1.165) is 37.2 Å². The summed E-state index contributed by atoms with van der Waals surface area (Å²) in [6.45, 7) is 15.4. The van der Waals surface area contributed by atoms with Crippen LogP contribution in [-0.2, 0) is 9.22 Å². The minimum atomic E-state index is -1.88. The van der Waals surface area contributed by atoms with E-state index in [1.807, 2.05) is 19.1 Å². The van der Waals surface area contributed by atoms with Gasteiger partial charge in [-0.15, -0.1) is 0 Å². The van der Waals surface area contributed by atoms with Crippen molar-refractivity contribution in [1.82, 2.24) is 0 Å². The van der Waals surface area contributed by atoms with Crippen molar-refractivity contribution in [2.75, 3.05) is 0 Å². The van der Waals surface area contributed by atoms with Gasteiger partial charge in [-0.1, -0.05) is 34.1 Å². The molecule has 1 aromatic heterocycles. The second kappa shape index (κ2) is 7.16. The lowest BCUT2D eigenvalue weighted by Gasteiger charge is -2.42. The number of aryl methyl sites for hydroxylation is 1. The van der Waals surface area contributed by atoms with E-state index in [0.29, 0.717) is 5.78 Å². The number of Topliss-reactive ketones (excluding diaryl/α,β-unsaturated/α-hetero) is 1. The maximum atomic E-state index is 13.1. The molecule has 2 unspecified atom stereocenters. The van der Waals surface area contributed by atoms with Crippen LogP contribution in [0.1, 0.15) is 70.8 Å². The lowest BCUT2D eigenvalue weighted by Crippen LogP contribution is -2.48. The van der Waals surface area contributed by atoms with Crippen molar-refractivity contribution in [2.45, 2.75) is 90.5 Å². The van der Waals surface area contributed by atoms with Gasteiger partial charge in [0.1, 0.15) is 17.3 Å². The largest absolute Gasteiger partial charge is 0.466 e. The molecule has 1 heterocycles. The van der Waals surface area contributed by atoms with Crippen LogP contribution in [-0.4, -0.2) is 20.2 Å². The van der Waals surface area contributed by atoms with Crippen LogP contribution in [0.5, 0.6) is 0 Å². The third kappa shape index (κ3) is 4.02. The third-order valence-electron chi connectivity index (χ3n) is 5.92. The van der Waals surface area contributed by atoms with Crippen LogP contribution in [0.25, 0.3) is 0 Å². The van der Waals surface area contributed by atoms with Gasteiger partial charge in [0, 0.05) is 5.92 Å². The monoisotopic (exact) mass is 350 g/mol. The zero-order valence-electron chi connectivity index (χ0n) is 16.4. The highest BCUT2D eigenvalue weighted by Gasteiger charge is 2.44. The molecule has 4 heteroatoms. The molecule has 0 radical (unpaired) electrons. The SMILES string of the molecule is CC[C@H](O[Si](C)(C)C(C)(C)C)C1CCCC(c2ccc(C)o2)C1=O. The van der Waals surface area contributed by atoms with Gasteiger partial charge < -0.3 is 8.84 Å². The van der Waals surface area contributed by atoms with Crippen molar-refractivity contribution in [2.24, 2.45) is 5.92 Å². The first kappa shape index (κ1) is 19.5. The van der Waals surface area contributed by atoms with Crippen molar-refractivity contribution in [3.63, 3.8) is 0 Å². The zero-order valence-corrected chi connectivity index (χ0v) is 17.4. The number of rotatable bonds is 5. The fourth-order valence-corrected chi connectivity index (χ4v) is 4.82. The van der Waals surface area contributed by atoms with Crippen LogP contribution in [0.3, 0.4) is 0 Å². The maximum Gasteiger partial charge on any atom is 0.192 e. The molecular formula is C20H34O3Si. The summed E-state index contributed by atoms with van der Waals surface area (Å²) >= 11 is 0. The average molecular weight is 351 g/mol. The van der Waals surface area contributed by atoms with E-state index in [-0.39, 0.29) is 23.0 Å². The molecule has 24 heavy (non-hydrogen) atoms. The number of carbonyl (C=O) groups is 1. The molecule has 0 N–H and O–H groups in total. The minimum absolute atomic E-state index is 0.00767. The van der Waals surface area contributed by atoms with Gasteiger partial charge in [0.25, 0.3) is 0 Å². The predicted octanol–water partition coefficient (Wildman–Crippen LogP) is 5.84. The van der Waals surface area contributed by atoms with Crippen LogP contribution >= 0.6 is 0 Å². The van der Waals surface area contributed by atoms with Crippen LogP contribution in [0.4, 0.5) is 0 Å². The van der Waals surface area contributed by atoms with E-state index in [1.165, 1.54) is 0 Å². The molecule has 1 aromatic rings. The predicted molar refractivity (Wildman–Crippen MR) is 101 cm³/mol. The minimum Gasteiger partial charge on any atom is -0.466 e. The Kier molecular flexibility index (Phi) is 5.81. The summed E-state index contributed by atoms with van der Waals surface area (Å²) in [6.07, 6.45) is 3.85. The van der Waals surface area contributed by atoms with Crippen LogP contribution in [0.2, 0.25) is 18.1 Å². The highest BCUT2D eigenvalue weighted by atomic mass is 28.4. The van der Waals surface area contributed by atoms with E-state index < -0.39 is 8.32 Å². The molecule has 0 bridgehead atoms. The Labute approximate surface area is 148 Å². The Balaban J connectivity index is 2.17. The van der Waals surface area contributed by atoms with Gasteiger partial charge in [0.05, 0.1) is 12.0 Å². The number of hydrogen-bond donors (Lipinski definition) is 0. The molecule has 2 rings (SSSR count). The van der Waals surface area contributed by atoms with Gasteiger partial charge in [-0.3, -0.25) is 4.79 Å². The van der Waals surface area contributed by atoms with E-state index in [4.69, 9.17) is 8.84 Å². The maximum absolute atomic E-state index is 13.1. The van der Waals surface area contributed by atoms with Crippen molar-refractivity contribution in [3.05, 3.63) is 23.7 Å². The first-order chi connectivity index (χ1) is 11.1. The second-order valence-corrected chi connectivity index (χ2v) is 13.5. The van der Waals surface area contributed by atoms with Gasteiger partial charge in [-0.05, 0) is 56.5 Å². The van der Waals surface area contributed by atoms with Crippen molar-refractivity contribution >= 4 is 14.1 Å². The highest BCUT2D eigenvalue weighted by molar-refractivity contribution is 6.74. The van der Waals surface area contributed by atoms with Crippen molar-refractivity contribution < 1.29 is 13.6 Å². The fraction of sp³-hybridized carbons (Fsp3) is 0.750. The summed E-state index contributed by atoms with van der Waals surface area (Å²) < 4.78 is 12.4. The van der Waals surface area contributed by atoms with E-state index in [9.17, 15) is 4.79 Å². The molecule has 3 atom stereocenters. The molecule has 0 saturated heterocycles. The van der Waals surface area contributed by atoms with Crippen LogP contribution < -0.4 is 0 Å². The molecule has 0 aromatic carbocycles. The number of ketones is 1. The molecule has 0 amide bonds. The topological polar surface area (TPSA) is 39.4 Å². The number of hydrogen-bond acceptors (Lipinski definition) is 3. The summed E-state index contributed by atoms with van der Waals surface area (Å²) in [7, 11) is -1.88. The normalized spacial score (nSPS) is 24.2. The molecular weight excluding hydrogens is 316 g/mol. The fourth-order valence-electron chi connectivity index (χ4n) is 3.38. The molecule has 0 spiro atoms. The van der Waals surface area contributed by atoms with E-state index in [2.05, 4.69) is 40.8 Å². The standard InChI is InChI=1S/C20H34O3Si/c1-8-17(23-24(6,7)20(3,4)5)15-10-9-11-16(19(15)21)18-13-12-14(2)22-18/h12-13,15-17H,8-11H2,1-7H3/t15?,16?,17-/m0/s1. The summed E-state index contributed by atoms with van der Waals surface area (Å²) in [4.78, 5) is 13.1. The zero-order chi connectivity index (χ0) is 18.1. The number of furan rings is 1. The molecule has 1 aliphatic carbocycles. The summed E-state index contributed by atoms with van der Waals surface area (Å²) in [6, 6.07) is 3.92. The summed E-state index contributed by atoms with van der Waals surface area (Å²) in [5, 5.41) is 0.162. The molecule has 1 saturated carbocycles. The van der Waals surface area contributed by atoms with Gasteiger partial charge in [0.2, 0.25) is 0 Å². The van der Waals surface area contributed by atoms with Crippen molar-refractivity contribution in [3.8, 4) is 0 Å². The molecule has 3 nitrogen and oxygen atoms in total. The highest BCUT2D eigenvalue weighted by Crippen LogP contribution is 2.42. The number of carbonyl (C=O) groups excluding carboxylic acids is 1. The quantitative estimate of drug-likeness (QED) is 0.626. The third-order valence-corrected chi connectivity index (χ3v) is 10.4. The molecule has 136 valence electrons. The Hall–Kier alpha value is -0.873. The molecule has 1 fully saturated rings. The summed E-state index contributed by atoms with van der Waals surface area (Å²) in [5.74, 6) is 1.96. The van der Waals surface area contributed by atoms with Gasteiger partial charge in [-0.2, -0.15) is 0 Å². The van der Waals surface area contributed by atoms with Gasteiger partial charge >= 0.3 is 0 Å². The van der Waals surface area contributed by atoms with Gasteiger partial charge in [0.15, 0.2) is 8.32 Å². The Bertz CT molecular complexity index is 568. The lowest BCUT2D eigenvalue weighted by molar-refractivity contribution is -0.130. The van der Waals surface area contributed by atoms with Crippen molar-refractivity contribution in [1.29, 1.82) is 0 Å². The van der Waals surface area contributed by atoms with E-state index >= 15 is 0 Å². The summed E-state index contributed by atoms with van der Waals surface area (Å²) in [5.41, 5.74) is 0. The molecule has 1 aliphatic rings. The molecule has 0 aliphatic heterocycles.